The van der Waals surface area contributed by atoms with E-state index in [-0.39, 0.29) is 30.2 Å². The van der Waals surface area contributed by atoms with Crippen LogP contribution in [0.5, 0.6) is 0 Å². The average Bonchev–Trinajstić information content (AvgIpc) is 2.99. The fraction of sp³-hybridized carbons (Fsp3) is 0.333. The Balaban J connectivity index is 1.88. The Morgan fingerprint density at radius 1 is 1.12 bits per heavy atom. The molecule has 1 aromatic heterocycles. The quantitative estimate of drug-likeness (QED) is 0.808. The molecule has 0 radical (unpaired) electrons. The van der Waals surface area contributed by atoms with Crippen molar-refractivity contribution in [3.8, 4) is 0 Å². The zero-order valence-corrected chi connectivity index (χ0v) is 15.1. The van der Waals surface area contributed by atoms with Gasteiger partial charge in [0.05, 0.1) is 15.9 Å². The van der Waals surface area contributed by atoms with Gasteiger partial charge in [0, 0.05) is 18.0 Å². The maximum atomic E-state index is 13.0. The van der Waals surface area contributed by atoms with E-state index < -0.39 is 30.9 Å². The lowest BCUT2D eigenvalue weighted by Gasteiger charge is -2.19. The molecule has 0 spiro atoms. The van der Waals surface area contributed by atoms with E-state index in [1.807, 2.05) is 5.38 Å². The number of halogens is 1. The molecule has 1 aliphatic rings. The molecule has 3 rings (SSSR count). The van der Waals surface area contributed by atoms with Crippen molar-refractivity contribution in [1.29, 1.82) is 0 Å². The van der Waals surface area contributed by atoms with Crippen molar-refractivity contribution in [2.24, 2.45) is 0 Å². The van der Waals surface area contributed by atoms with Crippen LogP contribution < -0.4 is 0 Å². The summed E-state index contributed by atoms with van der Waals surface area (Å²) >= 11 is 1.36. The van der Waals surface area contributed by atoms with Gasteiger partial charge in [-0.25, -0.2) is 21.2 Å². The highest BCUT2D eigenvalue weighted by atomic mass is 32.2. The van der Waals surface area contributed by atoms with Crippen LogP contribution in [0.4, 0.5) is 4.39 Å². The first kappa shape index (κ1) is 17.5. The van der Waals surface area contributed by atoms with Gasteiger partial charge in [-0.2, -0.15) is 4.31 Å². The van der Waals surface area contributed by atoms with Gasteiger partial charge in [0.15, 0.2) is 9.84 Å². The first-order valence-electron chi connectivity index (χ1n) is 7.31. The molecule has 5 nitrogen and oxygen atoms in total. The monoisotopic (exact) mass is 389 g/mol. The van der Waals surface area contributed by atoms with Crippen molar-refractivity contribution in [2.45, 2.75) is 16.6 Å². The largest absolute Gasteiger partial charge is 0.243 e. The summed E-state index contributed by atoms with van der Waals surface area (Å²) in [4.78, 5) is 0.701. The molecule has 1 unspecified atom stereocenters. The summed E-state index contributed by atoms with van der Waals surface area (Å²) in [6.07, 6.45) is 0.212. The molecule has 1 atom stereocenters. The second kappa shape index (κ2) is 6.55. The minimum absolute atomic E-state index is 0.0316. The molecular weight excluding hydrogens is 373 g/mol. The van der Waals surface area contributed by atoms with E-state index in [2.05, 4.69) is 0 Å². The molecule has 0 saturated carbocycles. The van der Waals surface area contributed by atoms with Crippen molar-refractivity contribution in [2.75, 3.05) is 18.8 Å². The molecule has 1 aliphatic heterocycles. The van der Waals surface area contributed by atoms with E-state index in [1.165, 1.54) is 27.8 Å². The predicted molar refractivity (Wildman–Crippen MR) is 90.6 cm³/mol. The third kappa shape index (κ3) is 3.39. The molecule has 0 aliphatic carbocycles. The number of benzene rings is 1. The number of hydrogen-bond acceptors (Lipinski definition) is 5. The van der Waals surface area contributed by atoms with Crippen molar-refractivity contribution < 1.29 is 21.2 Å². The highest BCUT2D eigenvalue weighted by molar-refractivity contribution is 7.92. The van der Waals surface area contributed by atoms with Crippen LogP contribution in [0.2, 0.25) is 0 Å². The summed E-state index contributed by atoms with van der Waals surface area (Å²) in [5.41, 5.74) is 0. The van der Waals surface area contributed by atoms with Crippen LogP contribution in [0.25, 0.3) is 0 Å². The first-order valence-corrected chi connectivity index (χ1v) is 11.3. The van der Waals surface area contributed by atoms with E-state index >= 15 is 0 Å². The minimum Gasteiger partial charge on any atom is -0.228 e. The van der Waals surface area contributed by atoms with Gasteiger partial charge in [0.1, 0.15) is 5.82 Å². The highest BCUT2D eigenvalue weighted by Gasteiger charge is 2.36. The normalized spacial score (nSPS) is 22.1. The summed E-state index contributed by atoms with van der Waals surface area (Å²) in [6, 6.07) is 8.10. The van der Waals surface area contributed by atoms with Gasteiger partial charge < -0.3 is 0 Å². The van der Waals surface area contributed by atoms with Crippen LogP contribution in [0.1, 0.15) is 16.5 Å². The van der Waals surface area contributed by atoms with Crippen molar-refractivity contribution in [3.05, 3.63) is 52.5 Å². The fourth-order valence-corrected chi connectivity index (χ4v) is 7.29. The summed E-state index contributed by atoms with van der Waals surface area (Å²) in [5.74, 6) is -0.749. The summed E-state index contributed by atoms with van der Waals surface area (Å²) in [5, 5.41) is 1.13. The number of nitrogens with zero attached hydrogens (tertiary/aromatic N) is 1. The van der Waals surface area contributed by atoms with E-state index in [0.717, 1.165) is 17.0 Å². The van der Waals surface area contributed by atoms with Gasteiger partial charge in [-0.3, -0.25) is 0 Å². The van der Waals surface area contributed by atoms with Gasteiger partial charge in [0.2, 0.25) is 10.0 Å². The molecule has 24 heavy (non-hydrogen) atoms. The molecule has 1 saturated heterocycles. The maximum absolute atomic E-state index is 13.0. The van der Waals surface area contributed by atoms with Gasteiger partial charge in [-0.1, -0.05) is 6.07 Å². The van der Waals surface area contributed by atoms with Crippen LogP contribution >= 0.6 is 11.3 Å². The Bertz CT molecular complexity index is 906. The second-order valence-electron chi connectivity index (χ2n) is 5.52. The Kier molecular flexibility index (Phi) is 4.78. The third-order valence-electron chi connectivity index (χ3n) is 4.01. The molecule has 0 N–H and O–H groups in total. The Labute approximate surface area is 144 Å². The zero-order valence-electron chi connectivity index (χ0n) is 12.6. The molecule has 0 amide bonds. The number of hydrogen-bond donors (Lipinski definition) is 0. The Morgan fingerprint density at radius 2 is 1.83 bits per heavy atom. The molecule has 2 aromatic rings. The number of rotatable bonds is 3. The van der Waals surface area contributed by atoms with Gasteiger partial charge in [-0.05, 0) is 42.1 Å². The second-order valence-corrected chi connectivity index (χ2v) is 10.7. The number of sulfone groups is 1. The van der Waals surface area contributed by atoms with Gasteiger partial charge in [0.25, 0.3) is 0 Å². The van der Waals surface area contributed by atoms with Crippen LogP contribution in [-0.4, -0.2) is 40.0 Å². The van der Waals surface area contributed by atoms with Crippen LogP contribution in [0.3, 0.4) is 0 Å². The smallest absolute Gasteiger partial charge is 0.228 e. The maximum Gasteiger partial charge on any atom is 0.243 e. The number of sulfonamides is 1. The van der Waals surface area contributed by atoms with Crippen molar-refractivity contribution in [1.82, 2.24) is 4.31 Å². The fourth-order valence-electron chi connectivity index (χ4n) is 2.71. The standard InChI is InChI=1S/C15H16FNO4S3/c16-12-3-5-13(6-4-12)24(20,21)17-8-7-15(14-2-1-10-22-14)23(18,19)11-9-17/h1-6,10,15H,7-9,11H2. The van der Waals surface area contributed by atoms with Gasteiger partial charge in [-0.15, -0.1) is 11.3 Å². The summed E-state index contributed by atoms with van der Waals surface area (Å²) in [6.45, 7) is 0.0193. The van der Waals surface area contributed by atoms with E-state index in [9.17, 15) is 21.2 Å². The molecule has 1 fully saturated rings. The van der Waals surface area contributed by atoms with E-state index in [0.29, 0.717) is 0 Å². The van der Waals surface area contributed by atoms with Crippen LogP contribution in [0, 0.1) is 5.82 Å². The Morgan fingerprint density at radius 3 is 2.46 bits per heavy atom. The predicted octanol–water partition coefficient (Wildman–Crippen LogP) is 2.44. The lowest BCUT2D eigenvalue weighted by atomic mass is 10.2. The third-order valence-corrected chi connectivity index (χ3v) is 9.17. The minimum atomic E-state index is -3.84. The molecule has 0 bridgehead atoms. The highest BCUT2D eigenvalue weighted by Crippen LogP contribution is 2.33. The Hall–Kier alpha value is -1.29. The summed E-state index contributed by atoms with van der Waals surface area (Å²) < 4.78 is 64.5. The van der Waals surface area contributed by atoms with E-state index in [1.54, 1.807) is 12.1 Å². The summed E-state index contributed by atoms with van der Waals surface area (Å²) in [7, 11) is -7.26. The lowest BCUT2D eigenvalue weighted by molar-refractivity contribution is 0.428. The van der Waals surface area contributed by atoms with Crippen molar-refractivity contribution in [3.63, 3.8) is 0 Å². The van der Waals surface area contributed by atoms with Crippen molar-refractivity contribution >= 4 is 31.2 Å². The zero-order chi connectivity index (χ0) is 17.4. The van der Waals surface area contributed by atoms with Crippen LogP contribution in [0.15, 0.2) is 46.7 Å². The molecule has 9 heteroatoms. The topological polar surface area (TPSA) is 71.5 Å². The average molecular weight is 389 g/mol. The lowest BCUT2D eigenvalue weighted by Crippen LogP contribution is -2.33. The van der Waals surface area contributed by atoms with Crippen LogP contribution in [-0.2, 0) is 19.9 Å². The molecule has 2 heterocycles. The molecule has 1 aromatic carbocycles. The van der Waals surface area contributed by atoms with Gasteiger partial charge >= 0.3 is 0 Å². The first-order chi connectivity index (χ1) is 11.3. The van der Waals surface area contributed by atoms with E-state index in [4.69, 9.17) is 0 Å². The molecular formula is C15H16FNO4S3. The molecule has 130 valence electrons. The SMILES string of the molecule is O=S1(=O)CCN(S(=O)(=O)c2ccc(F)cc2)CCC1c1cccs1. The number of thiophene rings is 1.